The molecule has 5 nitrogen and oxygen atoms in total. The Bertz CT molecular complexity index is 663. The van der Waals surface area contributed by atoms with Crippen LogP contribution >= 0.6 is 23.5 Å². The molecule has 2 atom stereocenters. The summed E-state index contributed by atoms with van der Waals surface area (Å²) in [4.78, 5) is 25.5. The van der Waals surface area contributed by atoms with Crippen LogP contribution in [0.15, 0.2) is 59.5 Å². The average Bonchev–Trinajstić information content (AvgIpc) is 2.65. The quantitative estimate of drug-likeness (QED) is 0.274. The van der Waals surface area contributed by atoms with Gasteiger partial charge in [-0.15, -0.1) is 0 Å². The molecule has 0 bridgehead atoms. The van der Waals surface area contributed by atoms with Crippen molar-refractivity contribution in [1.29, 1.82) is 0 Å². The first-order valence-corrected chi connectivity index (χ1v) is 10.8. The second-order valence-corrected chi connectivity index (χ2v) is 8.32. The van der Waals surface area contributed by atoms with Gasteiger partial charge < -0.3 is 15.1 Å². The van der Waals surface area contributed by atoms with E-state index in [1.165, 1.54) is 11.8 Å². The number of amides is 1. The molecule has 0 saturated carbocycles. The lowest BCUT2D eigenvalue weighted by Crippen LogP contribution is -2.42. The summed E-state index contributed by atoms with van der Waals surface area (Å²) in [6.07, 6.45) is 10.5. The average molecular weight is 408 g/mol. The Balaban J connectivity index is 1.85. The maximum Gasteiger partial charge on any atom is 0.364 e. The predicted octanol–water partition coefficient (Wildman–Crippen LogP) is 4.39. The summed E-state index contributed by atoms with van der Waals surface area (Å²) in [5, 5.41) is 17.9. The van der Waals surface area contributed by atoms with Crippen LogP contribution < -0.4 is 0 Å². The van der Waals surface area contributed by atoms with E-state index in [0.717, 1.165) is 29.5 Å². The first-order valence-electron chi connectivity index (χ1n) is 8.94. The number of hydrogen-bond acceptors (Lipinski definition) is 5. The lowest BCUT2D eigenvalue weighted by atomic mass is 10.0. The molecule has 1 aliphatic rings. The van der Waals surface area contributed by atoms with Crippen molar-refractivity contribution in [3.8, 4) is 0 Å². The highest BCUT2D eigenvalue weighted by molar-refractivity contribution is 8.13. The van der Waals surface area contributed by atoms with E-state index in [2.05, 4.69) is 0 Å². The van der Waals surface area contributed by atoms with Gasteiger partial charge in [0, 0.05) is 23.6 Å². The zero-order chi connectivity index (χ0) is 19.5. The Morgan fingerprint density at radius 2 is 2.07 bits per heavy atom. The highest BCUT2D eigenvalue weighted by Gasteiger charge is 2.25. The van der Waals surface area contributed by atoms with Gasteiger partial charge >= 0.3 is 5.30 Å². The molecule has 1 heterocycles. The number of rotatable bonds is 9. The third kappa shape index (κ3) is 8.24. The summed E-state index contributed by atoms with van der Waals surface area (Å²) in [6, 6.07) is 9.68. The molecule has 146 valence electrons. The van der Waals surface area contributed by atoms with E-state index >= 15 is 0 Å². The number of aliphatic hydroxyl groups is 1. The van der Waals surface area contributed by atoms with Crippen LogP contribution in [0.2, 0.25) is 0 Å². The normalized spacial score (nSPS) is 19.1. The molecule has 2 rings (SSSR count). The number of hydrogen-bond donors (Lipinski definition) is 2. The van der Waals surface area contributed by atoms with Crippen LogP contribution in [0.5, 0.6) is 0 Å². The summed E-state index contributed by atoms with van der Waals surface area (Å²) >= 11 is 2.24. The Morgan fingerprint density at radius 3 is 2.81 bits per heavy atom. The molecule has 2 N–H and O–H groups in total. The second kappa shape index (κ2) is 11.9. The number of carboxylic acid groups (broad SMARTS) is 1. The summed E-state index contributed by atoms with van der Waals surface area (Å²) < 4.78 is 0. The Labute approximate surface area is 168 Å². The molecule has 0 radical (unpaired) electrons. The van der Waals surface area contributed by atoms with Crippen LogP contribution in [-0.2, 0) is 4.79 Å². The number of aliphatic hydroxyl groups excluding tert-OH is 1. The predicted molar refractivity (Wildman–Crippen MR) is 111 cm³/mol. The van der Waals surface area contributed by atoms with Crippen LogP contribution in [0, 0.1) is 0 Å². The van der Waals surface area contributed by atoms with Crippen LogP contribution in [0.4, 0.5) is 4.79 Å². The fourth-order valence-corrected chi connectivity index (χ4v) is 4.00. The van der Waals surface area contributed by atoms with Crippen molar-refractivity contribution in [2.45, 2.75) is 42.1 Å². The SMILES string of the molecule is O=C(O)SCC/C=C\CN1C(=O)CCC[C@@H]1/C=C/C(O)Sc1ccccc1. The third-order valence-electron chi connectivity index (χ3n) is 4.09. The van der Waals surface area contributed by atoms with Crippen molar-refractivity contribution in [2.24, 2.45) is 0 Å². The maximum absolute atomic E-state index is 12.3. The minimum atomic E-state index is -0.869. The van der Waals surface area contributed by atoms with Gasteiger partial charge in [0.1, 0.15) is 5.44 Å². The van der Waals surface area contributed by atoms with E-state index in [1.54, 1.807) is 6.08 Å². The summed E-state index contributed by atoms with van der Waals surface area (Å²) in [7, 11) is 0. The Kier molecular flexibility index (Phi) is 9.52. The number of carbonyl (C=O) groups excluding carboxylic acids is 1. The lowest BCUT2D eigenvalue weighted by molar-refractivity contribution is -0.134. The standard InChI is InChI=1S/C20H25NO4S2/c22-18-11-7-8-16(21(18)14-5-2-6-15-26-20(24)25)12-13-19(23)27-17-9-3-1-4-10-17/h1-5,9-10,12-13,16,19,23H,6-8,11,14-15H2,(H,24,25)/b5-2-,13-12+/t16-,19?/m1/s1. The van der Waals surface area contributed by atoms with Gasteiger partial charge in [-0.3, -0.25) is 4.79 Å². The second-order valence-electron chi connectivity index (χ2n) is 6.09. The fourth-order valence-electron chi connectivity index (χ4n) is 2.81. The third-order valence-corrected chi connectivity index (χ3v) is 5.72. The van der Waals surface area contributed by atoms with Gasteiger partial charge in [-0.25, -0.2) is 4.79 Å². The molecule has 1 fully saturated rings. The van der Waals surface area contributed by atoms with Crippen molar-refractivity contribution < 1.29 is 19.8 Å². The number of carbonyl (C=O) groups is 2. The highest BCUT2D eigenvalue weighted by Crippen LogP contribution is 2.24. The monoisotopic (exact) mass is 407 g/mol. The van der Waals surface area contributed by atoms with E-state index in [-0.39, 0.29) is 11.9 Å². The maximum atomic E-state index is 12.3. The molecule has 1 aromatic rings. The zero-order valence-electron chi connectivity index (χ0n) is 15.1. The number of allylic oxidation sites excluding steroid dienone is 1. The molecule has 1 amide bonds. The number of nitrogens with zero attached hydrogens (tertiary/aromatic N) is 1. The van der Waals surface area contributed by atoms with Gasteiger partial charge in [0.05, 0.1) is 6.04 Å². The van der Waals surface area contributed by atoms with E-state index < -0.39 is 10.7 Å². The molecule has 1 unspecified atom stereocenters. The first-order chi connectivity index (χ1) is 13.1. The number of benzene rings is 1. The van der Waals surface area contributed by atoms with Crippen LogP contribution in [0.3, 0.4) is 0 Å². The molecule has 0 spiro atoms. The van der Waals surface area contributed by atoms with E-state index in [9.17, 15) is 14.7 Å². The molecule has 27 heavy (non-hydrogen) atoms. The molecule has 1 aromatic carbocycles. The van der Waals surface area contributed by atoms with Crippen molar-refractivity contribution in [3.05, 3.63) is 54.6 Å². The number of thioether (sulfide) groups is 2. The molecule has 0 aliphatic carbocycles. The molecular formula is C20H25NO4S2. The van der Waals surface area contributed by atoms with Crippen molar-refractivity contribution in [2.75, 3.05) is 12.3 Å². The largest absolute Gasteiger partial charge is 0.473 e. The minimum Gasteiger partial charge on any atom is -0.473 e. The van der Waals surface area contributed by atoms with Gasteiger partial charge in [-0.2, -0.15) is 0 Å². The summed E-state index contributed by atoms with van der Waals surface area (Å²) in [5.41, 5.74) is -0.658. The van der Waals surface area contributed by atoms with Gasteiger partial charge in [-0.05, 0) is 49.2 Å². The van der Waals surface area contributed by atoms with E-state index in [0.29, 0.717) is 25.1 Å². The summed E-state index contributed by atoms with van der Waals surface area (Å²) in [6.45, 7) is 0.507. The number of likely N-dealkylation sites (tertiary alicyclic amines) is 1. The van der Waals surface area contributed by atoms with Gasteiger partial charge in [-0.1, -0.05) is 48.2 Å². The van der Waals surface area contributed by atoms with Crippen molar-refractivity contribution >= 4 is 34.7 Å². The van der Waals surface area contributed by atoms with Crippen LogP contribution in [0.25, 0.3) is 0 Å². The molecule has 7 heteroatoms. The molecular weight excluding hydrogens is 382 g/mol. The Hall–Kier alpha value is -1.70. The Morgan fingerprint density at radius 1 is 1.30 bits per heavy atom. The van der Waals surface area contributed by atoms with Crippen molar-refractivity contribution in [1.82, 2.24) is 4.90 Å². The zero-order valence-corrected chi connectivity index (χ0v) is 16.7. The molecule has 1 aliphatic heterocycles. The van der Waals surface area contributed by atoms with Gasteiger partial charge in [0.25, 0.3) is 0 Å². The summed E-state index contributed by atoms with van der Waals surface area (Å²) in [5.74, 6) is 0.636. The fraction of sp³-hybridized carbons (Fsp3) is 0.400. The van der Waals surface area contributed by atoms with E-state index in [4.69, 9.17) is 5.11 Å². The van der Waals surface area contributed by atoms with Gasteiger partial charge in [0.15, 0.2) is 0 Å². The number of piperidine rings is 1. The van der Waals surface area contributed by atoms with Crippen molar-refractivity contribution in [3.63, 3.8) is 0 Å². The first kappa shape index (κ1) is 21.6. The van der Waals surface area contributed by atoms with Crippen LogP contribution in [0.1, 0.15) is 25.7 Å². The van der Waals surface area contributed by atoms with Crippen LogP contribution in [-0.4, -0.2) is 50.1 Å². The topological polar surface area (TPSA) is 77.8 Å². The smallest absolute Gasteiger partial charge is 0.364 e. The highest BCUT2D eigenvalue weighted by atomic mass is 32.2. The molecule has 1 saturated heterocycles. The van der Waals surface area contributed by atoms with E-state index in [1.807, 2.05) is 53.5 Å². The lowest BCUT2D eigenvalue weighted by Gasteiger charge is -2.33. The van der Waals surface area contributed by atoms with Gasteiger partial charge in [0.2, 0.25) is 5.91 Å². The molecule has 0 aromatic heterocycles. The minimum absolute atomic E-state index is 0.0182.